The molecule has 1 fully saturated rings. The van der Waals surface area contributed by atoms with Gasteiger partial charge in [0.05, 0.1) is 19.5 Å². The number of nitrogens with one attached hydrogen (secondary N) is 2. The predicted molar refractivity (Wildman–Crippen MR) is 104 cm³/mol. The number of piperazine rings is 1. The molecule has 1 aliphatic heterocycles. The van der Waals surface area contributed by atoms with Crippen molar-refractivity contribution in [2.45, 2.75) is 0 Å². The van der Waals surface area contributed by atoms with E-state index in [4.69, 9.17) is 11.6 Å². The molecule has 1 aromatic carbocycles. The standard InChI is InChI=1S/C17H23ClN4O4S/c1-27(25,26)20-13-21-7-9-22(10-8-21)17(24)12-19-16(23)6-5-14-3-2-4-15(18)11-14/h2-6,11,20H,7-10,12-13H2,1H3,(H,19,23)/b6-5+. The fraction of sp³-hybridized carbons (Fsp3) is 0.412. The summed E-state index contributed by atoms with van der Waals surface area (Å²) >= 11 is 5.88. The number of amides is 2. The summed E-state index contributed by atoms with van der Waals surface area (Å²) in [7, 11) is -3.23. The van der Waals surface area contributed by atoms with E-state index in [9.17, 15) is 18.0 Å². The highest BCUT2D eigenvalue weighted by Gasteiger charge is 2.21. The molecule has 0 radical (unpaired) electrons. The van der Waals surface area contributed by atoms with Crippen molar-refractivity contribution < 1.29 is 18.0 Å². The van der Waals surface area contributed by atoms with Crippen LogP contribution in [0.1, 0.15) is 5.56 Å². The van der Waals surface area contributed by atoms with Crippen LogP contribution in [0, 0.1) is 0 Å². The lowest BCUT2D eigenvalue weighted by molar-refractivity contribution is -0.133. The van der Waals surface area contributed by atoms with Crippen molar-refractivity contribution >= 4 is 39.5 Å². The van der Waals surface area contributed by atoms with E-state index in [1.54, 1.807) is 29.2 Å². The second-order valence-electron chi connectivity index (χ2n) is 6.18. The Morgan fingerprint density at radius 2 is 1.93 bits per heavy atom. The van der Waals surface area contributed by atoms with Gasteiger partial charge in [0.15, 0.2) is 0 Å². The third-order valence-electron chi connectivity index (χ3n) is 3.97. The van der Waals surface area contributed by atoms with Gasteiger partial charge in [-0.1, -0.05) is 23.7 Å². The third-order valence-corrected chi connectivity index (χ3v) is 4.85. The summed E-state index contributed by atoms with van der Waals surface area (Å²) in [6, 6.07) is 7.08. The molecule has 2 rings (SSSR count). The van der Waals surface area contributed by atoms with Gasteiger partial charge in [-0.2, -0.15) is 0 Å². The number of halogens is 1. The summed E-state index contributed by atoms with van der Waals surface area (Å²) < 4.78 is 24.6. The number of rotatable bonds is 7. The summed E-state index contributed by atoms with van der Waals surface area (Å²) in [5.41, 5.74) is 0.794. The number of carbonyl (C=O) groups excluding carboxylic acids is 2. The zero-order valence-electron chi connectivity index (χ0n) is 15.0. The van der Waals surface area contributed by atoms with Crippen LogP contribution < -0.4 is 10.0 Å². The maximum absolute atomic E-state index is 12.2. The Bertz CT molecular complexity index is 805. The number of carbonyl (C=O) groups is 2. The average Bonchev–Trinajstić information content (AvgIpc) is 2.62. The van der Waals surface area contributed by atoms with Crippen LogP contribution in [0.5, 0.6) is 0 Å². The molecule has 0 bridgehead atoms. The fourth-order valence-electron chi connectivity index (χ4n) is 2.48. The summed E-state index contributed by atoms with van der Waals surface area (Å²) in [6.45, 7) is 2.25. The van der Waals surface area contributed by atoms with Crippen LogP contribution in [0.15, 0.2) is 30.3 Å². The van der Waals surface area contributed by atoms with Crippen LogP contribution in [0.4, 0.5) is 0 Å². The van der Waals surface area contributed by atoms with Crippen molar-refractivity contribution in [1.82, 2.24) is 19.8 Å². The zero-order chi connectivity index (χ0) is 19.9. The molecule has 1 aromatic rings. The van der Waals surface area contributed by atoms with Gasteiger partial charge < -0.3 is 10.2 Å². The van der Waals surface area contributed by atoms with Crippen LogP contribution in [-0.4, -0.2) is 75.7 Å². The molecule has 0 atom stereocenters. The van der Waals surface area contributed by atoms with Gasteiger partial charge in [-0.25, -0.2) is 13.1 Å². The van der Waals surface area contributed by atoms with Crippen LogP contribution in [0.25, 0.3) is 6.08 Å². The molecule has 10 heteroatoms. The predicted octanol–water partition coefficient (Wildman–Crippen LogP) is 0.120. The van der Waals surface area contributed by atoms with Crippen molar-refractivity contribution in [3.63, 3.8) is 0 Å². The van der Waals surface area contributed by atoms with Gasteiger partial charge in [0.25, 0.3) is 0 Å². The van der Waals surface area contributed by atoms with E-state index in [0.29, 0.717) is 31.2 Å². The molecule has 1 saturated heterocycles. The van der Waals surface area contributed by atoms with E-state index >= 15 is 0 Å². The van der Waals surface area contributed by atoms with E-state index in [2.05, 4.69) is 10.0 Å². The Morgan fingerprint density at radius 3 is 2.56 bits per heavy atom. The Morgan fingerprint density at radius 1 is 1.22 bits per heavy atom. The number of nitrogens with zero attached hydrogens (tertiary/aromatic N) is 2. The van der Waals surface area contributed by atoms with Gasteiger partial charge in [0, 0.05) is 37.3 Å². The molecule has 2 N–H and O–H groups in total. The minimum Gasteiger partial charge on any atom is -0.343 e. The molecule has 1 heterocycles. The Balaban J connectivity index is 1.71. The topological polar surface area (TPSA) is 98.8 Å². The van der Waals surface area contributed by atoms with Crippen LogP contribution >= 0.6 is 11.6 Å². The van der Waals surface area contributed by atoms with Crippen LogP contribution in [-0.2, 0) is 19.6 Å². The molecular formula is C17H23ClN4O4S. The molecule has 148 valence electrons. The lowest BCUT2D eigenvalue weighted by Crippen LogP contribution is -2.53. The molecule has 0 unspecified atom stereocenters. The number of benzene rings is 1. The first-order valence-corrected chi connectivity index (χ1v) is 10.7. The second kappa shape index (κ2) is 9.84. The first kappa shape index (κ1) is 21.4. The van der Waals surface area contributed by atoms with Gasteiger partial charge in [-0.05, 0) is 23.8 Å². The van der Waals surface area contributed by atoms with Gasteiger partial charge in [-0.15, -0.1) is 0 Å². The Labute approximate surface area is 164 Å². The number of hydrogen-bond acceptors (Lipinski definition) is 5. The van der Waals surface area contributed by atoms with Crippen molar-refractivity contribution in [2.24, 2.45) is 0 Å². The SMILES string of the molecule is CS(=O)(=O)NCN1CCN(C(=O)CNC(=O)/C=C/c2cccc(Cl)c2)CC1. The van der Waals surface area contributed by atoms with E-state index in [0.717, 1.165) is 11.8 Å². The third kappa shape index (κ3) is 8.08. The van der Waals surface area contributed by atoms with E-state index in [-0.39, 0.29) is 25.0 Å². The van der Waals surface area contributed by atoms with E-state index < -0.39 is 10.0 Å². The minimum absolute atomic E-state index is 0.0830. The summed E-state index contributed by atoms with van der Waals surface area (Å²) in [4.78, 5) is 27.6. The summed E-state index contributed by atoms with van der Waals surface area (Å²) in [5.74, 6) is -0.533. The normalized spacial score (nSPS) is 15.9. The molecule has 0 aliphatic carbocycles. The molecule has 1 aliphatic rings. The summed E-state index contributed by atoms with van der Waals surface area (Å²) in [6.07, 6.45) is 4.09. The average molecular weight is 415 g/mol. The van der Waals surface area contributed by atoms with E-state index in [1.807, 2.05) is 11.0 Å². The van der Waals surface area contributed by atoms with Crippen molar-refractivity contribution in [3.05, 3.63) is 40.9 Å². The Kier molecular flexibility index (Phi) is 7.78. The first-order valence-electron chi connectivity index (χ1n) is 8.39. The lowest BCUT2D eigenvalue weighted by Gasteiger charge is -2.34. The molecule has 27 heavy (non-hydrogen) atoms. The van der Waals surface area contributed by atoms with Gasteiger partial charge in [0.1, 0.15) is 0 Å². The fourth-order valence-corrected chi connectivity index (χ4v) is 3.10. The monoisotopic (exact) mass is 414 g/mol. The first-order chi connectivity index (χ1) is 12.7. The highest BCUT2D eigenvalue weighted by Crippen LogP contribution is 2.11. The van der Waals surface area contributed by atoms with Crippen molar-refractivity contribution in [1.29, 1.82) is 0 Å². The smallest absolute Gasteiger partial charge is 0.244 e. The van der Waals surface area contributed by atoms with Gasteiger partial charge >= 0.3 is 0 Å². The lowest BCUT2D eigenvalue weighted by atomic mass is 10.2. The maximum atomic E-state index is 12.2. The number of sulfonamides is 1. The molecular weight excluding hydrogens is 392 g/mol. The highest BCUT2D eigenvalue weighted by atomic mass is 35.5. The molecule has 0 saturated carbocycles. The van der Waals surface area contributed by atoms with Crippen LogP contribution in [0.3, 0.4) is 0 Å². The van der Waals surface area contributed by atoms with Crippen LogP contribution in [0.2, 0.25) is 5.02 Å². The summed E-state index contributed by atoms with van der Waals surface area (Å²) in [5, 5.41) is 3.15. The maximum Gasteiger partial charge on any atom is 0.244 e. The van der Waals surface area contributed by atoms with Crippen molar-refractivity contribution in [3.8, 4) is 0 Å². The molecule has 0 aromatic heterocycles. The minimum atomic E-state index is -3.23. The highest BCUT2D eigenvalue weighted by molar-refractivity contribution is 7.88. The second-order valence-corrected chi connectivity index (χ2v) is 8.45. The van der Waals surface area contributed by atoms with Gasteiger partial charge in [-0.3, -0.25) is 14.5 Å². The quantitative estimate of drug-likeness (QED) is 0.617. The van der Waals surface area contributed by atoms with Crippen molar-refractivity contribution in [2.75, 3.05) is 45.6 Å². The largest absolute Gasteiger partial charge is 0.343 e. The Hall–Kier alpha value is -1.94. The molecule has 0 spiro atoms. The molecule has 8 nitrogen and oxygen atoms in total. The number of hydrogen-bond donors (Lipinski definition) is 2. The van der Waals surface area contributed by atoms with E-state index in [1.165, 1.54) is 6.08 Å². The molecule has 2 amide bonds. The zero-order valence-corrected chi connectivity index (χ0v) is 16.6. The van der Waals surface area contributed by atoms with Gasteiger partial charge in [0.2, 0.25) is 21.8 Å².